The van der Waals surface area contributed by atoms with Gasteiger partial charge in [-0.05, 0) is 24.1 Å². The summed E-state index contributed by atoms with van der Waals surface area (Å²) in [5.41, 5.74) is 0.817. The van der Waals surface area contributed by atoms with Crippen LogP contribution in [0.15, 0.2) is 24.3 Å². The highest BCUT2D eigenvalue weighted by Crippen LogP contribution is 2.16. The lowest BCUT2D eigenvalue weighted by atomic mass is 10.1. The SMILES string of the molecule is CCCCCCC#C[C@H](O)c1ccc(OC)cc1. The predicted molar refractivity (Wildman–Crippen MR) is 74.5 cm³/mol. The molecule has 0 saturated carbocycles. The highest BCUT2D eigenvalue weighted by molar-refractivity contribution is 5.31. The van der Waals surface area contributed by atoms with E-state index in [-0.39, 0.29) is 0 Å². The van der Waals surface area contributed by atoms with E-state index in [1.54, 1.807) is 7.11 Å². The molecule has 0 radical (unpaired) electrons. The number of unbranched alkanes of at least 4 members (excludes halogenated alkanes) is 4. The zero-order chi connectivity index (χ0) is 13.2. The second kappa shape index (κ2) is 8.60. The Morgan fingerprint density at radius 1 is 1.17 bits per heavy atom. The molecular weight excluding hydrogens is 224 g/mol. The molecule has 1 aromatic carbocycles. The Balaban J connectivity index is 2.39. The minimum absolute atomic E-state index is 0.693. The molecule has 1 aromatic rings. The van der Waals surface area contributed by atoms with Crippen molar-refractivity contribution in [3.8, 4) is 17.6 Å². The van der Waals surface area contributed by atoms with E-state index in [0.29, 0.717) is 0 Å². The molecule has 0 aliphatic carbocycles. The van der Waals surface area contributed by atoms with E-state index in [1.807, 2.05) is 24.3 Å². The van der Waals surface area contributed by atoms with E-state index in [9.17, 15) is 5.11 Å². The topological polar surface area (TPSA) is 29.5 Å². The molecule has 18 heavy (non-hydrogen) atoms. The second-order valence-corrected chi connectivity index (χ2v) is 4.31. The molecule has 0 aliphatic heterocycles. The lowest BCUT2D eigenvalue weighted by Gasteiger charge is -2.04. The summed E-state index contributed by atoms with van der Waals surface area (Å²) >= 11 is 0. The normalized spacial score (nSPS) is 11.5. The molecular formula is C16H22O2. The number of aliphatic hydroxyl groups excluding tert-OH is 1. The maximum atomic E-state index is 9.87. The van der Waals surface area contributed by atoms with Crippen molar-refractivity contribution in [1.29, 1.82) is 0 Å². The number of rotatable bonds is 6. The summed E-state index contributed by atoms with van der Waals surface area (Å²) in [5, 5.41) is 9.87. The van der Waals surface area contributed by atoms with Gasteiger partial charge in [0.25, 0.3) is 0 Å². The van der Waals surface area contributed by atoms with Gasteiger partial charge in [0, 0.05) is 6.42 Å². The molecule has 1 atom stereocenters. The molecule has 0 fully saturated rings. The molecule has 1 rings (SSSR count). The zero-order valence-electron chi connectivity index (χ0n) is 11.3. The zero-order valence-corrected chi connectivity index (χ0v) is 11.3. The summed E-state index contributed by atoms with van der Waals surface area (Å²) in [5.74, 6) is 6.71. The van der Waals surface area contributed by atoms with Crippen LogP contribution in [-0.2, 0) is 0 Å². The first-order valence-corrected chi connectivity index (χ1v) is 6.58. The van der Waals surface area contributed by atoms with Crippen molar-refractivity contribution in [3.05, 3.63) is 29.8 Å². The van der Waals surface area contributed by atoms with Crippen molar-refractivity contribution in [1.82, 2.24) is 0 Å². The van der Waals surface area contributed by atoms with E-state index < -0.39 is 6.10 Å². The third-order valence-electron chi connectivity index (χ3n) is 2.83. The van der Waals surface area contributed by atoms with E-state index in [0.717, 1.165) is 24.2 Å². The van der Waals surface area contributed by atoms with Gasteiger partial charge in [0.2, 0.25) is 0 Å². The Morgan fingerprint density at radius 3 is 2.50 bits per heavy atom. The maximum absolute atomic E-state index is 9.87. The van der Waals surface area contributed by atoms with Gasteiger partial charge in [0.05, 0.1) is 7.11 Å². The Labute approximate surface area is 110 Å². The van der Waals surface area contributed by atoms with Crippen LogP contribution in [0.3, 0.4) is 0 Å². The van der Waals surface area contributed by atoms with Crippen LogP contribution in [0.25, 0.3) is 0 Å². The smallest absolute Gasteiger partial charge is 0.140 e. The van der Waals surface area contributed by atoms with Crippen molar-refractivity contribution >= 4 is 0 Å². The number of methoxy groups -OCH3 is 1. The molecule has 0 amide bonds. The largest absolute Gasteiger partial charge is 0.497 e. The molecule has 2 nitrogen and oxygen atoms in total. The molecule has 0 aromatic heterocycles. The van der Waals surface area contributed by atoms with E-state index >= 15 is 0 Å². The summed E-state index contributed by atoms with van der Waals surface area (Å²) in [7, 11) is 1.63. The van der Waals surface area contributed by atoms with Crippen LogP contribution >= 0.6 is 0 Å². The Hall–Kier alpha value is -1.46. The van der Waals surface area contributed by atoms with E-state index in [2.05, 4.69) is 18.8 Å². The predicted octanol–water partition coefficient (Wildman–Crippen LogP) is 3.70. The van der Waals surface area contributed by atoms with Crippen LogP contribution in [-0.4, -0.2) is 12.2 Å². The lowest BCUT2D eigenvalue weighted by Crippen LogP contribution is -1.93. The number of ether oxygens (including phenoxy) is 1. The summed E-state index contributed by atoms with van der Waals surface area (Å²) in [6, 6.07) is 7.35. The van der Waals surface area contributed by atoms with Gasteiger partial charge in [-0.2, -0.15) is 0 Å². The maximum Gasteiger partial charge on any atom is 0.140 e. The van der Waals surface area contributed by atoms with E-state index in [4.69, 9.17) is 4.74 Å². The molecule has 0 aliphatic rings. The van der Waals surface area contributed by atoms with Gasteiger partial charge < -0.3 is 9.84 Å². The monoisotopic (exact) mass is 246 g/mol. The first-order valence-electron chi connectivity index (χ1n) is 6.58. The molecule has 2 heteroatoms. The van der Waals surface area contributed by atoms with Crippen LogP contribution in [0.1, 0.15) is 50.7 Å². The van der Waals surface area contributed by atoms with Gasteiger partial charge in [0.1, 0.15) is 11.9 Å². The van der Waals surface area contributed by atoms with Crippen LogP contribution in [0.4, 0.5) is 0 Å². The second-order valence-electron chi connectivity index (χ2n) is 4.31. The van der Waals surface area contributed by atoms with Gasteiger partial charge in [-0.1, -0.05) is 44.2 Å². The molecule has 0 heterocycles. The fourth-order valence-corrected chi connectivity index (χ4v) is 1.68. The number of aliphatic hydroxyl groups is 1. The molecule has 0 unspecified atom stereocenters. The number of benzene rings is 1. The summed E-state index contributed by atoms with van der Waals surface area (Å²) in [4.78, 5) is 0. The minimum Gasteiger partial charge on any atom is -0.497 e. The van der Waals surface area contributed by atoms with Crippen molar-refractivity contribution in [2.45, 2.75) is 45.1 Å². The summed E-state index contributed by atoms with van der Waals surface area (Å²) in [6.07, 6.45) is 5.03. The highest BCUT2D eigenvalue weighted by atomic mass is 16.5. The highest BCUT2D eigenvalue weighted by Gasteiger charge is 2.02. The lowest BCUT2D eigenvalue weighted by molar-refractivity contribution is 0.238. The minimum atomic E-state index is -0.693. The third kappa shape index (κ3) is 5.25. The molecule has 0 saturated heterocycles. The van der Waals surface area contributed by atoms with Crippen molar-refractivity contribution < 1.29 is 9.84 Å². The van der Waals surface area contributed by atoms with Gasteiger partial charge in [0.15, 0.2) is 0 Å². The third-order valence-corrected chi connectivity index (χ3v) is 2.83. The van der Waals surface area contributed by atoms with Crippen LogP contribution < -0.4 is 4.74 Å². The van der Waals surface area contributed by atoms with Crippen LogP contribution in [0.2, 0.25) is 0 Å². The van der Waals surface area contributed by atoms with Crippen molar-refractivity contribution in [2.75, 3.05) is 7.11 Å². The average molecular weight is 246 g/mol. The first kappa shape index (κ1) is 14.6. The summed E-state index contributed by atoms with van der Waals surface area (Å²) < 4.78 is 5.07. The molecule has 0 spiro atoms. The quantitative estimate of drug-likeness (QED) is 0.612. The Bertz CT molecular complexity index is 384. The average Bonchev–Trinajstić information content (AvgIpc) is 2.42. The van der Waals surface area contributed by atoms with Crippen LogP contribution in [0.5, 0.6) is 5.75 Å². The molecule has 1 N–H and O–H groups in total. The first-order chi connectivity index (χ1) is 8.77. The van der Waals surface area contributed by atoms with Gasteiger partial charge in [-0.3, -0.25) is 0 Å². The molecule has 0 bridgehead atoms. The van der Waals surface area contributed by atoms with Gasteiger partial charge >= 0.3 is 0 Å². The Kier molecular flexibility index (Phi) is 6.98. The van der Waals surface area contributed by atoms with Crippen LogP contribution in [0, 0.1) is 11.8 Å². The van der Waals surface area contributed by atoms with Gasteiger partial charge in [-0.15, -0.1) is 5.92 Å². The van der Waals surface area contributed by atoms with E-state index in [1.165, 1.54) is 19.3 Å². The fourth-order valence-electron chi connectivity index (χ4n) is 1.68. The molecule has 98 valence electrons. The van der Waals surface area contributed by atoms with Crippen molar-refractivity contribution in [3.63, 3.8) is 0 Å². The van der Waals surface area contributed by atoms with Crippen molar-refractivity contribution in [2.24, 2.45) is 0 Å². The summed E-state index contributed by atoms with van der Waals surface area (Å²) in [6.45, 7) is 2.19. The van der Waals surface area contributed by atoms with Gasteiger partial charge in [-0.25, -0.2) is 0 Å². The number of hydrogen-bond acceptors (Lipinski definition) is 2. The fraction of sp³-hybridized carbons (Fsp3) is 0.500. The standard InChI is InChI=1S/C16H22O2/c1-3-4-5-6-7-8-9-16(17)14-10-12-15(18-2)13-11-14/h10-13,16-17H,3-7H2,1-2H3/t16-/m0/s1. The number of hydrogen-bond donors (Lipinski definition) is 1. The Morgan fingerprint density at radius 2 is 1.89 bits per heavy atom.